The zero-order chi connectivity index (χ0) is 26.0. The van der Waals surface area contributed by atoms with Crippen LogP contribution in [-0.2, 0) is 4.74 Å². The van der Waals surface area contributed by atoms with Gasteiger partial charge in [0.1, 0.15) is 0 Å². The zero-order valence-corrected chi connectivity index (χ0v) is 25.8. The van der Waals surface area contributed by atoms with Crippen molar-refractivity contribution < 1.29 is 9.53 Å². The van der Waals surface area contributed by atoms with E-state index in [2.05, 4.69) is 46.8 Å². The molecule has 2 nitrogen and oxygen atoms in total. The number of hydrogen-bond donors (Lipinski definition) is 0. The average molecular weight is 570 g/mol. The van der Waals surface area contributed by atoms with E-state index in [1.54, 1.807) is 0 Å². The minimum absolute atomic E-state index is 0.0611. The monoisotopic (exact) mass is 570 g/mol. The number of carbonyl (C=O) groups excluding carboxylic acids is 1. The van der Waals surface area contributed by atoms with E-state index in [9.17, 15) is 4.79 Å². The second-order valence-corrected chi connectivity index (χ2v) is 17.7. The Labute approximate surface area is 232 Å². The SMILES string of the molecule is CC(C)CCC[C@@H](C)[C@H]1CC[C@H]2[C@@H]3CC[C@H]4CC5(CC[C@]4(C)[C@H]3CC[C@]12C)OC(=O)c1ccccc1[Se]5. The molecular weight excluding hydrogens is 519 g/mol. The van der Waals surface area contributed by atoms with Crippen LogP contribution < -0.4 is 4.46 Å². The fourth-order valence-electron chi connectivity index (χ4n) is 10.6. The summed E-state index contributed by atoms with van der Waals surface area (Å²) in [4.78, 5) is 13.0. The third kappa shape index (κ3) is 4.38. The van der Waals surface area contributed by atoms with Gasteiger partial charge in [-0.25, -0.2) is 0 Å². The number of hydrogen-bond acceptors (Lipinski definition) is 2. The van der Waals surface area contributed by atoms with Crippen LogP contribution in [0.5, 0.6) is 0 Å². The molecule has 5 aliphatic rings. The Hall–Kier alpha value is -0.791. The molecule has 0 amide bonds. The summed E-state index contributed by atoms with van der Waals surface area (Å²) >= 11 is 0.227. The van der Waals surface area contributed by atoms with E-state index in [1.165, 1.54) is 68.7 Å². The molecule has 0 bridgehead atoms. The number of benzene rings is 1. The Morgan fingerprint density at radius 3 is 2.51 bits per heavy atom. The van der Waals surface area contributed by atoms with E-state index in [0.717, 1.165) is 59.8 Å². The summed E-state index contributed by atoms with van der Waals surface area (Å²) in [5.41, 5.74) is 1.84. The van der Waals surface area contributed by atoms with Gasteiger partial charge in [-0.15, -0.1) is 0 Å². The summed E-state index contributed by atoms with van der Waals surface area (Å²) in [6.07, 6.45) is 16.4. The molecule has 6 rings (SSSR count). The van der Waals surface area contributed by atoms with Gasteiger partial charge < -0.3 is 0 Å². The van der Waals surface area contributed by atoms with Crippen LogP contribution >= 0.6 is 0 Å². The molecule has 4 fully saturated rings. The van der Waals surface area contributed by atoms with Gasteiger partial charge in [0.15, 0.2) is 0 Å². The van der Waals surface area contributed by atoms with E-state index in [0.29, 0.717) is 10.8 Å². The normalized spacial score (nSPS) is 43.5. The molecule has 9 atom stereocenters. The fraction of sp³-hybridized carbons (Fsp3) is 0.794. The van der Waals surface area contributed by atoms with E-state index >= 15 is 0 Å². The number of carbonyl (C=O) groups is 1. The van der Waals surface area contributed by atoms with Gasteiger partial charge in [0.05, 0.1) is 0 Å². The molecule has 1 unspecified atom stereocenters. The molecule has 0 aromatic heterocycles. The van der Waals surface area contributed by atoms with Crippen molar-refractivity contribution in [1.29, 1.82) is 0 Å². The predicted molar refractivity (Wildman–Crippen MR) is 153 cm³/mol. The Bertz CT molecular complexity index is 1020. The van der Waals surface area contributed by atoms with Gasteiger partial charge in [-0.05, 0) is 5.92 Å². The van der Waals surface area contributed by atoms with Gasteiger partial charge in [0.25, 0.3) is 0 Å². The van der Waals surface area contributed by atoms with Gasteiger partial charge in [0, 0.05) is 0 Å². The maximum atomic E-state index is 13.0. The molecule has 3 heteroatoms. The molecule has 1 heterocycles. The van der Waals surface area contributed by atoms with Gasteiger partial charge in [0.2, 0.25) is 0 Å². The first-order chi connectivity index (χ1) is 17.7. The van der Waals surface area contributed by atoms with E-state index in [-0.39, 0.29) is 25.4 Å². The molecule has 1 spiro atoms. The zero-order valence-electron chi connectivity index (χ0n) is 24.1. The van der Waals surface area contributed by atoms with Gasteiger partial charge >= 0.3 is 207 Å². The summed E-state index contributed by atoms with van der Waals surface area (Å²) in [5.74, 6) is 6.09. The molecule has 1 aromatic carbocycles. The van der Waals surface area contributed by atoms with Crippen molar-refractivity contribution >= 4 is 25.4 Å². The summed E-state index contributed by atoms with van der Waals surface area (Å²) < 4.78 is 7.42. The van der Waals surface area contributed by atoms with Crippen molar-refractivity contribution in [1.82, 2.24) is 0 Å². The van der Waals surface area contributed by atoms with Crippen LogP contribution in [0.15, 0.2) is 24.3 Å². The van der Waals surface area contributed by atoms with Crippen LogP contribution in [0.1, 0.15) is 122 Å². The van der Waals surface area contributed by atoms with Crippen LogP contribution in [0.2, 0.25) is 0 Å². The summed E-state index contributed by atoms with van der Waals surface area (Å²) in [6.45, 7) is 12.7. The van der Waals surface area contributed by atoms with Crippen molar-refractivity contribution in [3.63, 3.8) is 0 Å². The van der Waals surface area contributed by atoms with Crippen LogP contribution in [0, 0.1) is 52.3 Å². The first kappa shape index (κ1) is 26.4. The average Bonchev–Trinajstić information content (AvgIpc) is 3.22. The minimum atomic E-state index is -0.192. The third-order valence-corrected chi connectivity index (χ3v) is 15.5. The fourth-order valence-corrected chi connectivity index (χ4v) is 13.5. The molecule has 1 aromatic rings. The van der Waals surface area contributed by atoms with Crippen molar-refractivity contribution in [2.24, 2.45) is 52.3 Å². The number of ether oxygens (including phenoxy) is 1. The predicted octanol–water partition coefficient (Wildman–Crippen LogP) is 8.00. The second-order valence-electron chi connectivity index (χ2n) is 14.8. The van der Waals surface area contributed by atoms with Crippen molar-refractivity contribution in [2.75, 3.05) is 0 Å². The summed E-state index contributed by atoms with van der Waals surface area (Å²) in [5, 5.41) is 0. The summed E-state index contributed by atoms with van der Waals surface area (Å²) in [7, 11) is 0. The van der Waals surface area contributed by atoms with E-state index in [1.807, 2.05) is 12.1 Å². The Morgan fingerprint density at radius 1 is 0.919 bits per heavy atom. The molecule has 4 saturated carbocycles. The summed E-state index contributed by atoms with van der Waals surface area (Å²) in [6, 6.07) is 8.22. The number of esters is 1. The molecule has 0 radical (unpaired) electrons. The van der Waals surface area contributed by atoms with Crippen LogP contribution in [0.3, 0.4) is 0 Å². The van der Waals surface area contributed by atoms with E-state index < -0.39 is 0 Å². The van der Waals surface area contributed by atoms with Crippen LogP contribution in [0.25, 0.3) is 0 Å². The van der Waals surface area contributed by atoms with Crippen molar-refractivity contribution in [3.05, 3.63) is 29.8 Å². The molecule has 0 N–H and O–H groups in total. The Balaban J connectivity index is 1.16. The number of rotatable bonds is 5. The maximum absolute atomic E-state index is 13.0. The van der Waals surface area contributed by atoms with Gasteiger partial charge in [-0.3, -0.25) is 0 Å². The standard InChI is InChI=1S/C34H50O2Se/c1-22(2)9-8-10-23(3)27-15-16-28-25-14-13-24-21-34(36-31(35)26-11-6-7-12-30(26)37-34)20-19-32(24,4)29(25)17-18-33(27,28)5/h6-7,11-12,22-25,27-29H,8-10,13-21H2,1-5H3/t23-,24+,25+,27-,28+,29+,32+,33-,34?/m1/s1. The van der Waals surface area contributed by atoms with Crippen LogP contribution in [-0.4, -0.2) is 25.4 Å². The third-order valence-electron chi connectivity index (χ3n) is 12.6. The van der Waals surface area contributed by atoms with Gasteiger partial charge in [-0.2, -0.15) is 0 Å². The van der Waals surface area contributed by atoms with Crippen molar-refractivity contribution in [2.45, 2.75) is 116 Å². The molecule has 1 aliphatic heterocycles. The molecule has 4 aliphatic carbocycles. The first-order valence-electron chi connectivity index (χ1n) is 15.7. The van der Waals surface area contributed by atoms with Crippen molar-refractivity contribution in [3.8, 4) is 0 Å². The van der Waals surface area contributed by atoms with Gasteiger partial charge in [-0.1, -0.05) is 20.3 Å². The molecule has 204 valence electrons. The topological polar surface area (TPSA) is 26.3 Å². The van der Waals surface area contributed by atoms with Crippen LogP contribution in [0.4, 0.5) is 0 Å². The quantitative estimate of drug-likeness (QED) is 0.265. The molecular formula is C34H50O2Se. The first-order valence-corrected chi connectivity index (χ1v) is 17.4. The molecule has 37 heavy (non-hydrogen) atoms. The Morgan fingerprint density at radius 2 is 1.70 bits per heavy atom. The second kappa shape index (κ2) is 9.69. The Kier molecular flexibility index (Phi) is 6.92. The van der Waals surface area contributed by atoms with E-state index in [4.69, 9.17) is 4.74 Å². The molecule has 0 saturated heterocycles. The number of fused-ring (bicyclic) bond motifs is 6.